The van der Waals surface area contributed by atoms with E-state index >= 15 is 0 Å². The fraction of sp³-hybridized carbons (Fsp3) is 0.273. The highest BCUT2D eigenvalue weighted by atomic mass is 16.6. The first-order valence-corrected chi connectivity index (χ1v) is 4.16. The van der Waals surface area contributed by atoms with Gasteiger partial charge in [0.1, 0.15) is 0 Å². The van der Waals surface area contributed by atoms with Gasteiger partial charge in [-0.05, 0) is 12.0 Å². The first kappa shape index (κ1) is 9.01. The molecule has 0 aliphatic carbocycles. The molecule has 0 spiro atoms. The normalized spacial score (nSPS) is 12.7. The average molecular weight is 162 g/mol. The molecule has 1 saturated heterocycles. The van der Waals surface area contributed by atoms with Gasteiger partial charge < -0.3 is 4.74 Å². The maximum absolute atomic E-state index is 4.50. The van der Waals surface area contributed by atoms with Gasteiger partial charge in [-0.3, -0.25) is 0 Å². The summed E-state index contributed by atoms with van der Waals surface area (Å²) in [5.74, 6) is 0. The largest absolute Gasteiger partial charge is 0.377 e. The van der Waals surface area contributed by atoms with Gasteiger partial charge in [-0.1, -0.05) is 36.4 Å². The van der Waals surface area contributed by atoms with Crippen LogP contribution in [0.1, 0.15) is 5.56 Å². The fourth-order valence-electron chi connectivity index (χ4n) is 0.781. The van der Waals surface area contributed by atoms with Gasteiger partial charge in [0.25, 0.3) is 0 Å². The highest BCUT2D eigenvalue weighted by Gasteiger charge is 1.94. The van der Waals surface area contributed by atoms with Gasteiger partial charge >= 0.3 is 0 Å². The lowest BCUT2D eigenvalue weighted by Gasteiger charge is -1.91. The van der Waals surface area contributed by atoms with Crippen LogP contribution in [0.4, 0.5) is 0 Å². The van der Waals surface area contributed by atoms with E-state index in [-0.39, 0.29) is 0 Å². The summed E-state index contributed by atoms with van der Waals surface area (Å²) in [5, 5.41) is 0. The quantitative estimate of drug-likeness (QED) is 0.480. The van der Waals surface area contributed by atoms with Crippen LogP contribution in [0.3, 0.4) is 0 Å². The van der Waals surface area contributed by atoms with Gasteiger partial charge in [0.15, 0.2) is 0 Å². The van der Waals surface area contributed by atoms with E-state index in [1.54, 1.807) is 0 Å². The van der Waals surface area contributed by atoms with Gasteiger partial charge in [0.05, 0.1) is 13.2 Å². The third kappa shape index (κ3) is 4.69. The molecule has 1 heterocycles. The van der Waals surface area contributed by atoms with Gasteiger partial charge in [0.2, 0.25) is 0 Å². The summed E-state index contributed by atoms with van der Waals surface area (Å²) < 4.78 is 4.50. The maximum atomic E-state index is 4.50. The van der Waals surface area contributed by atoms with Crippen LogP contribution in [-0.4, -0.2) is 13.2 Å². The van der Waals surface area contributed by atoms with Crippen LogP contribution >= 0.6 is 0 Å². The number of rotatable bonds is 2. The molecule has 1 aliphatic heterocycles. The Kier molecular flexibility index (Phi) is 4.17. The number of hydrogen-bond donors (Lipinski definition) is 0. The van der Waals surface area contributed by atoms with Crippen LogP contribution in [0.2, 0.25) is 0 Å². The van der Waals surface area contributed by atoms with Gasteiger partial charge in [-0.25, -0.2) is 0 Å². The lowest BCUT2D eigenvalue weighted by atomic mass is 10.2. The molecule has 1 aliphatic rings. The smallest absolute Gasteiger partial charge is 0.0701 e. The Balaban J connectivity index is 0.000000200. The molecule has 1 aromatic rings. The molecule has 2 rings (SSSR count). The van der Waals surface area contributed by atoms with Crippen molar-refractivity contribution in [2.75, 3.05) is 13.2 Å². The number of epoxide rings is 1. The highest BCUT2D eigenvalue weighted by Crippen LogP contribution is 1.98. The van der Waals surface area contributed by atoms with Crippen molar-refractivity contribution >= 4 is 0 Å². The third-order valence-electron chi connectivity index (χ3n) is 1.43. The van der Waals surface area contributed by atoms with Crippen molar-refractivity contribution in [3.63, 3.8) is 0 Å². The van der Waals surface area contributed by atoms with E-state index in [0.717, 1.165) is 19.6 Å². The molecule has 0 bridgehead atoms. The molecule has 12 heavy (non-hydrogen) atoms. The fourth-order valence-corrected chi connectivity index (χ4v) is 0.781. The molecular weight excluding hydrogens is 148 g/mol. The van der Waals surface area contributed by atoms with Gasteiger partial charge in [-0.15, -0.1) is 6.58 Å². The Morgan fingerprint density at radius 1 is 1.25 bits per heavy atom. The van der Waals surface area contributed by atoms with Crippen LogP contribution < -0.4 is 0 Å². The average Bonchev–Trinajstić information content (AvgIpc) is 2.93. The van der Waals surface area contributed by atoms with Gasteiger partial charge in [-0.2, -0.15) is 0 Å². The predicted octanol–water partition coefficient (Wildman–Crippen LogP) is 2.43. The molecule has 0 saturated carbocycles. The summed E-state index contributed by atoms with van der Waals surface area (Å²) in [6, 6.07) is 10.3. The third-order valence-corrected chi connectivity index (χ3v) is 1.43. The van der Waals surface area contributed by atoms with E-state index in [9.17, 15) is 0 Å². The Hall–Kier alpha value is -1.08. The molecule has 0 radical (unpaired) electrons. The standard InChI is InChI=1S/C9H10.C2H4O/c1-2-6-9-7-4-3-5-8-9;1-2-3-1/h2-5,7-8H,1,6H2;1-2H2. The van der Waals surface area contributed by atoms with Crippen molar-refractivity contribution in [2.45, 2.75) is 6.42 Å². The minimum atomic E-state index is 0.973. The summed E-state index contributed by atoms with van der Waals surface area (Å²) in [5.41, 5.74) is 1.33. The second-order valence-electron chi connectivity index (χ2n) is 2.59. The zero-order valence-electron chi connectivity index (χ0n) is 7.20. The Labute approximate surface area is 73.7 Å². The van der Waals surface area contributed by atoms with Gasteiger partial charge in [0, 0.05) is 0 Å². The number of benzene rings is 1. The summed E-state index contributed by atoms with van der Waals surface area (Å²) in [6.45, 7) is 5.66. The van der Waals surface area contributed by atoms with E-state index in [2.05, 4.69) is 23.4 Å². The maximum Gasteiger partial charge on any atom is 0.0701 e. The van der Waals surface area contributed by atoms with E-state index in [1.165, 1.54) is 5.56 Å². The van der Waals surface area contributed by atoms with Crippen molar-refractivity contribution in [3.8, 4) is 0 Å². The zero-order valence-corrected chi connectivity index (χ0v) is 7.20. The number of ether oxygens (including phenoxy) is 1. The zero-order chi connectivity index (χ0) is 8.65. The van der Waals surface area contributed by atoms with Crippen LogP contribution in [0.5, 0.6) is 0 Å². The molecule has 0 atom stereocenters. The van der Waals surface area contributed by atoms with Crippen LogP contribution in [0, 0.1) is 0 Å². The van der Waals surface area contributed by atoms with Crippen molar-refractivity contribution in [1.82, 2.24) is 0 Å². The topological polar surface area (TPSA) is 12.5 Å². The summed E-state index contributed by atoms with van der Waals surface area (Å²) in [7, 11) is 0. The lowest BCUT2D eigenvalue weighted by Crippen LogP contribution is -1.75. The van der Waals surface area contributed by atoms with E-state index in [4.69, 9.17) is 0 Å². The Morgan fingerprint density at radius 2 is 1.83 bits per heavy atom. The molecule has 1 heteroatoms. The predicted molar refractivity (Wildman–Crippen MR) is 51.2 cm³/mol. The molecule has 0 N–H and O–H groups in total. The minimum absolute atomic E-state index is 0.973. The molecule has 1 nitrogen and oxygen atoms in total. The minimum Gasteiger partial charge on any atom is -0.377 e. The summed E-state index contributed by atoms with van der Waals surface area (Å²) in [4.78, 5) is 0. The molecule has 0 amide bonds. The van der Waals surface area contributed by atoms with E-state index in [1.807, 2.05) is 24.3 Å². The Morgan fingerprint density at radius 3 is 2.25 bits per heavy atom. The first-order chi connectivity index (χ1) is 5.93. The molecule has 0 aromatic heterocycles. The molecule has 64 valence electrons. The summed E-state index contributed by atoms with van der Waals surface area (Å²) >= 11 is 0. The van der Waals surface area contributed by atoms with Crippen LogP contribution in [-0.2, 0) is 11.2 Å². The summed E-state index contributed by atoms with van der Waals surface area (Å²) in [6.07, 6.45) is 2.89. The van der Waals surface area contributed by atoms with Crippen LogP contribution in [0.15, 0.2) is 43.0 Å². The van der Waals surface area contributed by atoms with E-state index < -0.39 is 0 Å². The van der Waals surface area contributed by atoms with Crippen molar-refractivity contribution < 1.29 is 4.74 Å². The van der Waals surface area contributed by atoms with E-state index in [0.29, 0.717) is 0 Å². The number of allylic oxidation sites excluding steroid dienone is 1. The second kappa shape index (κ2) is 5.56. The monoisotopic (exact) mass is 162 g/mol. The van der Waals surface area contributed by atoms with Crippen molar-refractivity contribution in [2.24, 2.45) is 0 Å². The van der Waals surface area contributed by atoms with Crippen molar-refractivity contribution in [1.29, 1.82) is 0 Å². The first-order valence-electron chi connectivity index (χ1n) is 4.16. The lowest BCUT2D eigenvalue weighted by molar-refractivity contribution is 0.475. The SMILES string of the molecule is C1CO1.C=CCc1ccccc1. The second-order valence-corrected chi connectivity index (χ2v) is 2.59. The van der Waals surface area contributed by atoms with Crippen molar-refractivity contribution in [3.05, 3.63) is 48.6 Å². The Bertz CT molecular complexity index is 211. The highest BCUT2D eigenvalue weighted by molar-refractivity contribution is 5.16. The van der Waals surface area contributed by atoms with Crippen LogP contribution in [0.25, 0.3) is 0 Å². The molecule has 0 unspecified atom stereocenters. The number of hydrogen-bond acceptors (Lipinski definition) is 1. The molecule has 1 fully saturated rings. The molecule has 1 aromatic carbocycles. The molecular formula is C11H14O.